The molecule has 2 aromatic rings. The first kappa shape index (κ1) is 14.6. The first-order valence-corrected chi connectivity index (χ1v) is 6.21. The van der Waals surface area contributed by atoms with Gasteiger partial charge in [0, 0.05) is 0 Å². The van der Waals surface area contributed by atoms with E-state index in [1.54, 1.807) is 6.92 Å². The van der Waals surface area contributed by atoms with Gasteiger partial charge in [-0.3, -0.25) is 5.32 Å². The second-order valence-corrected chi connectivity index (χ2v) is 4.36. The largest absolute Gasteiger partial charge is 0.475 e. The maximum absolute atomic E-state index is 11.8. The van der Waals surface area contributed by atoms with Crippen molar-refractivity contribution in [1.82, 2.24) is 5.16 Å². The fraction of sp³-hybridized carbons (Fsp3) is 0.214. The van der Waals surface area contributed by atoms with Gasteiger partial charge in [0.1, 0.15) is 17.5 Å². The van der Waals surface area contributed by atoms with E-state index < -0.39 is 23.9 Å². The summed E-state index contributed by atoms with van der Waals surface area (Å²) in [5.74, 6) is -1.75. The van der Waals surface area contributed by atoms with Gasteiger partial charge in [0.15, 0.2) is 0 Å². The minimum Gasteiger partial charge on any atom is -0.475 e. The molecule has 0 aliphatic heterocycles. The van der Waals surface area contributed by atoms with E-state index in [-0.39, 0.29) is 11.4 Å². The van der Waals surface area contributed by atoms with Gasteiger partial charge >= 0.3 is 12.1 Å². The zero-order valence-electron chi connectivity index (χ0n) is 11.5. The molecule has 21 heavy (non-hydrogen) atoms. The average Bonchev–Trinajstić information content (AvgIpc) is 2.81. The minimum atomic E-state index is -1.32. The number of anilines is 1. The first-order chi connectivity index (χ1) is 9.99. The molecular formula is C14H14N2O5. The topological polar surface area (TPSA) is 102 Å². The molecule has 0 radical (unpaired) electrons. The van der Waals surface area contributed by atoms with Gasteiger partial charge in [-0.05, 0) is 19.4 Å². The second-order valence-electron chi connectivity index (χ2n) is 4.36. The third kappa shape index (κ3) is 3.38. The maximum Gasteiger partial charge on any atom is 0.412 e. The summed E-state index contributed by atoms with van der Waals surface area (Å²) >= 11 is 0. The normalized spacial score (nSPS) is 11.7. The van der Waals surface area contributed by atoms with Crippen molar-refractivity contribution in [1.29, 1.82) is 0 Å². The lowest BCUT2D eigenvalue weighted by atomic mass is 10.1. The van der Waals surface area contributed by atoms with Gasteiger partial charge in [0.25, 0.3) is 5.76 Å². The molecule has 110 valence electrons. The van der Waals surface area contributed by atoms with Crippen LogP contribution in [-0.2, 0) is 4.74 Å². The molecule has 0 saturated heterocycles. The van der Waals surface area contributed by atoms with Gasteiger partial charge in [-0.15, -0.1) is 0 Å². The Bertz CT molecular complexity index is 651. The van der Waals surface area contributed by atoms with Crippen LogP contribution in [0.2, 0.25) is 0 Å². The van der Waals surface area contributed by atoms with Crippen molar-refractivity contribution >= 4 is 17.7 Å². The summed E-state index contributed by atoms with van der Waals surface area (Å²) in [6.45, 7) is 3.24. The van der Waals surface area contributed by atoms with Gasteiger partial charge in [-0.2, -0.15) is 0 Å². The van der Waals surface area contributed by atoms with Crippen LogP contribution in [0.15, 0.2) is 34.9 Å². The maximum atomic E-state index is 11.8. The number of carboxylic acids is 1. The number of aromatic carboxylic acids is 1. The Morgan fingerprint density at radius 1 is 1.33 bits per heavy atom. The van der Waals surface area contributed by atoms with E-state index in [1.807, 2.05) is 30.3 Å². The number of nitrogens with one attached hydrogen (secondary N) is 1. The summed E-state index contributed by atoms with van der Waals surface area (Å²) < 4.78 is 9.81. The number of aryl methyl sites for hydroxylation is 1. The van der Waals surface area contributed by atoms with E-state index in [1.165, 1.54) is 6.92 Å². The SMILES string of the molecule is Cc1noc(C(=O)O)c1NC(=O)O[C@H](C)c1ccccc1. The highest BCUT2D eigenvalue weighted by atomic mass is 16.6. The Balaban J connectivity index is 2.06. The summed E-state index contributed by atoms with van der Waals surface area (Å²) in [7, 11) is 0. The minimum absolute atomic E-state index is 0.00670. The van der Waals surface area contributed by atoms with E-state index >= 15 is 0 Å². The van der Waals surface area contributed by atoms with Crippen LogP contribution in [0, 0.1) is 6.92 Å². The summed E-state index contributed by atoms with van der Waals surface area (Å²) in [5.41, 5.74) is 1.08. The third-order valence-corrected chi connectivity index (χ3v) is 2.84. The van der Waals surface area contributed by atoms with Crippen LogP contribution < -0.4 is 5.32 Å². The van der Waals surface area contributed by atoms with Crippen LogP contribution in [0.1, 0.15) is 34.8 Å². The van der Waals surface area contributed by atoms with Gasteiger partial charge in [0.05, 0.1) is 0 Å². The lowest BCUT2D eigenvalue weighted by Crippen LogP contribution is -2.17. The number of aromatic nitrogens is 1. The van der Waals surface area contributed by atoms with Crippen molar-refractivity contribution in [3.05, 3.63) is 47.3 Å². The average molecular weight is 290 g/mol. The molecule has 7 nitrogen and oxygen atoms in total. The quantitative estimate of drug-likeness (QED) is 0.897. The molecule has 2 N–H and O–H groups in total. The predicted molar refractivity (Wildman–Crippen MR) is 73.2 cm³/mol. The first-order valence-electron chi connectivity index (χ1n) is 6.21. The predicted octanol–water partition coefficient (Wildman–Crippen LogP) is 2.99. The molecule has 7 heteroatoms. The zero-order chi connectivity index (χ0) is 15.4. The molecule has 0 aliphatic rings. The number of nitrogens with zero attached hydrogens (tertiary/aromatic N) is 1. The molecule has 1 aromatic heterocycles. The van der Waals surface area contributed by atoms with Crippen molar-refractivity contribution in [3.8, 4) is 0 Å². The van der Waals surface area contributed by atoms with Crippen molar-refractivity contribution in [2.45, 2.75) is 20.0 Å². The molecule has 0 fully saturated rings. The summed E-state index contributed by atoms with van der Waals surface area (Å²) in [6, 6.07) is 9.17. The molecule has 0 spiro atoms. The van der Waals surface area contributed by atoms with Gasteiger partial charge in [-0.25, -0.2) is 9.59 Å². The number of rotatable bonds is 4. The molecule has 1 aromatic carbocycles. The molecule has 1 amide bonds. The lowest BCUT2D eigenvalue weighted by molar-refractivity contribution is 0.0653. The van der Waals surface area contributed by atoms with E-state index in [2.05, 4.69) is 15.0 Å². The van der Waals surface area contributed by atoms with Crippen LogP contribution in [0.4, 0.5) is 10.5 Å². The highest BCUT2D eigenvalue weighted by Crippen LogP contribution is 2.22. The number of hydrogen-bond donors (Lipinski definition) is 2. The number of ether oxygens (including phenoxy) is 1. The smallest absolute Gasteiger partial charge is 0.412 e. The Morgan fingerprint density at radius 2 is 2.00 bits per heavy atom. The summed E-state index contributed by atoms with van der Waals surface area (Å²) in [5, 5.41) is 14.8. The highest BCUT2D eigenvalue weighted by molar-refractivity contribution is 5.97. The number of amides is 1. The van der Waals surface area contributed by atoms with Crippen molar-refractivity contribution in [2.75, 3.05) is 5.32 Å². The molecule has 1 heterocycles. The van der Waals surface area contributed by atoms with Crippen LogP contribution in [0.3, 0.4) is 0 Å². The molecule has 0 unspecified atom stereocenters. The van der Waals surface area contributed by atoms with E-state index in [9.17, 15) is 9.59 Å². The number of hydrogen-bond acceptors (Lipinski definition) is 5. The highest BCUT2D eigenvalue weighted by Gasteiger charge is 2.22. The number of benzene rings is 1. The third-order valence-electron chi connectivity index (χ3n) is 2.84. The monoisotopic (exact) mass is 290 g/mol. The molecular weight excluding hydrogens is 276 g/mol. The Hall–Kier alpha value is -2.83. The summed E-state index contributed by atoms with van der Waals surface area (Å²) in [6.07, 6.45) is -1.25. The number of carbonyl (C=O) groups excluding carboxylic acids is 1. The van der Waals surface area contributed by atoms with Crippen molar-refractivity contribution in [2.24, 2.45) is 0 Å². The van der Waals surface area contributed by atoms with Gasteiger partial charge in [0.2, 0.25) is 0 Å². The molecule has 0 aliphatic carbocycles. The fourth-order valence-corrected chi connectivity index (χ4v) is 1.75. The Labute approximate surface area is 120 Å². The van der Waals surface area contributed by atoms with Gasteiger partial charge < -0.3 is 14.4 Å². The van der Waals surface area contributed by atoms with Crippen molar-refractivity contribution in [3.63, 3.8) is 0 Å². The second kappa shape index (κ2) is 6.08. The zero-order valence-corrected chi connectivity index (χ0v) is 11.5. The fourth-order valence-electron chi connectivity index (χ4n) is 1.75. The Morgan fingerprint density at radius 3 is 2.62 bits per heavy atom. The molecule has 0 bridgehead atoms. The number of carbonyl (C=O) groups is 2. The van der Waals surface area contributed by atoms with E-state index in [0.717, 1.165) is 5.56 Å². The van der Waals surface area contributed by atoms with E-state index in [0.29, 0.717) is 0 Å². The van der Waals surface area contributed by atoms with Crippen LogP contribution in [0.25, 0.3) is 0 Å². The standard InChI is InChI=1S/C14H14N2O5/c1-8-11(12(13(17)18)21-16-8)15-14(19)20-9(2)10-6-4-3-5-7-10/h3-7,9H,1-2H3,(H,15,19)(H,17,18)/t9-/m1/s1. The van der Waals surface area contributed by atoms with Crippen LogP contribution in [-0.4, -0.2) is 22.3 Å². The molecule has 1 atom stereocenters. The number of carboxylic acid groups (broad SMARTS) is 1. The molecule has 0 saturated carbocycles. The van der Waals surface area contributed by atoms with Crippen molar-refractivity contribution < 1.29 is 24.0 Å². The lowest BCUT2D eigenvalue weighted by Gasteiger charge is -2.13. The molecule has 2 rings (SSSR count). The summed E-state index contributed by atoms with van der Waals surface area (Å²) in [4.78, 5) is 22.8. The van der Waals surface area contributed by atoms with E-state index in [4.69, 9.17) is 9.84 Å². The Kier molecular flexibility index (Phi) is 4.22. The van der Waals surface area contributed by atoms with Gasteiger partial charge in [-0.1, -0.05) is 35.5 Å². The van der Waals surface area contributed by atoms with Crippen LogP contribution >= 0.6 is 0 Å². The van der Waals surface area contributed by atoms with Crippen LogP contribution in [0.5, 0.6) is 0 Å².